The minimum absolute atomic E-state index is 0.00360. The molecule has 1 aliphatic heterocycles. The van der Waals surface area contributed by atoms with Gasteiger partial charge in [-0.25, -0.2) is 4.79 Å². The number of amides is 5. The van der Waals surface area contributed by atoms with Crippen molar-refractivity contribution in [3.8, 4) is 0 Å². The van der Waals surface area contributed by atoms with Gasteiger partial charge < -0.3 is 16.0 Å². The Kier molecular flexibility index (Phi) is 5.46. The number of carbonyl (C=O) groups excluding carboxylic acids is 4. The Labute approximate surface area is 155 Å². The lowest BCUT2D eigenvalue weighted by molar-refractivity contribution is -0.125. The molecule has 2 aromatic rings. The second-order valence-electron chi connectivity index (χ2n) is 5.94. The first-order valence-electron chi connectivity index (χ1n) is 8.33. The number of imide groups is 1. The third-order valence-electron chi connectivity index (χ3n) is 3.93. The number of nitrogens with zero attached hydrogens (tertiary/aromatic N) is 1. The van der Waals surface area contributed by atoms with Crippen molar-refractivity contribution in [1.82, 2.24) is 15.5 Å². The monoisotopic (exact) mass is 366 g/mol. The van der Waals surface area contributed by atoms with Gasteiger partial charge in [0.1, 0.15) is 0 Å². The average Bonchev–Trinajstić information content (AvgIpc) is 2.99. The van der Waals surface area contributed by atoms with E-state index in [0.29, 0.717) is 16.8 Å². The van der Waals surface area contributed by atoms with E-state index in [2.05, 4.69) is 16.0 Å². The molecule has 8 heteroatoms. The van der Waals surface area contributed by atoms with E-state index in [9.17, 15) is 19.2 Å². The maximum Gasteiger partial charge on any atom is 0.324 e. The second kappa shape index (κ2) is 8.13. The zero-order valence-electron chi connectivity index (χ0n) is 14.4. The van der Waals surface area contributed by atoms with Crippen LogP contribution in [0.25, 0.3) is 0 Å². The predicted molar refractivity (Wildman–Crippen MR) is 97.8 cm³/mol. The Hall–Kier alpha value is -3.68. The summed E-state index contributed by atoms with van der Waals surface area (Å²) in [4.78, 5) is 48.4. The molecule has 0 bridgehead atoms. The lowest BCUT2D eigenvalue weighted by atomic mass is 10.2. The van der Waals surface area contributed by atoms with Gasteiger partial charge in [-0.05, 0) is 29.8 Å². The average molecular weight is 366 g/mol. The van der Waals surface area contributed by atoms with Gasteiger partial charge in [0, 0.05) is 11.3 Å². The van der Waals surface area contributed by atoms with Crippen molar-refractivity contribution in [1.29, 1.82) is 0 Å². The van der Waals surface area contributed by atoms with Gasteiger partial charge >= 0.3 is 6.03 Å². The Bertz CT molecular complexity index is 866. The van der Waals surface area contributed by atoms with E-state index in [4.69, 9.17) is 0 Å². The smallest absolute Gasteiger partial charge is 0.324 e. The van der Waals surface area contributed by atoms with E-state index in [0.717, 1.165) is 4.90 Å². The van der Waals surface area contributed by atoms with Gasteiger partial charge in [-0.2, -0.15) is 0 Å². The summed E-state index contributed by atoms with van der Waals surface area (Å²) in [6.45, 7) is -0.0551. The van der Waals surface area contributed by atoms with Gasteiger partial charge in [-0.1, -0.05) is 30.3 Å². The number of anilines is 1. The molecular formula is C19H18N4O4. The fourth-order valence-corrected chi connectivity index (χ4v) is 2.60. The Morgan fingerprint density at radius 1 is 1.04 bits per heavy atom. The van der Waals surface area contributed by atoms with Crippen LogP contribution in [-0.2, 0) is 16.1 Å². The van der Waals surface area contributed by atoms with Crippen LogP contribution in [-0.4, -0.2) is 41.7 Å². The van der Waals surface area contributed by atoms with Crippen LogP contribution in [0.4, 0.5) is 10.5 Å². The number of rotatable bonds is 6. The maximum absolute atomic E-state index is 12.1. The van der Waals surface area contributed by atoms with Crippen molar-refractivity contribution in [2.24, 2.45) is 0 Å². The van der Waals surface area contributed by atoms with Gasteiger partial charge in [-0.3, -0.25) is 19.3 Å². The molecule has 27 heavy (non-hydrogen) atoms. The minimum atomic E-state index is -0.432. The molecule has 1 heterocycles. The fraction of sp³-hybridized carbons (Fsp3) is 0.158. The number of hydrogen-bond acceptors (Lipinski definition) is 4. The standard InChI is InChI=1S/C19H18N4O4/c24-16(10-20-18(26)14-6-2-1-3-7-14)22-15-8-4-5-13(9-15)12-23-17(25)11-21-19(23)27/h1-9H,10-12H2,(H,20,26)(H,21,27)(H,22,24). The lowest BCUT2D eigenvalue weighted by Gasteiger charge is -2.13. The Morgan fingerprint density at radius 2 is 1.81 bits per heavy atom. The molecule has 1 saturated heterocycles. The topological polar surface area (TPSA) is 108 Å². The first kappa shape index (κ1) is 18.1. The molecule has 1 aliphatic rings. The van der Waals surface area contributed by atoms with Crippen molar-refractivity contribution in [2.75, 3.05) is 18.4 Å². The van der Waals surface area contributed by atoms with E-state index in [1.165, 1.54) is 0 Å². The first-order chi connectivity index (χ1) is 13.0. The number of benzene rings is 2. The molecule has 3 rings (SSSR count). The molecule has 0 aliphatic carbocycles. The molecule has 0 spiro atoms. The van der Waals surface area contributed by atoms with Gasteiger partial charge in [0.15, 0.2) is 0 Å². The molecule has 0 radical (unpaired) electrons. The number of urea groups is 1. The normalized spacial score (nSPS) is 13.3. The summed E-state index contributed by atoms with van der Waals surface area (Å²) in [6, 6.07) is 15.0. The van der Waals surface area contributed by atoms with Crippen LogP contribution >= 0.6 is 0 Å². The van der Waals surface area contributed by atoms with E-state index in [1.807, 2.05) is 0 Å². The SMILES string of the molecule is O=C(CNC(=O)c1ccccc1)Nc1cccc(CN2C(=O)CNC2=O)c1. The van der Waals surface area contributed by atoms with Crippen LogP contribution in [0.3, 0.4) is 0 Å². The highest BCUT2D eigenvalue weighted by Gasteiger charge is 2.28. The van der Waals surface area contributed by atoms with Crippen LogP contribution in [0.15, 0.2) is 54.6 Å². The summed E-state index contributed by atoms with van der Waals surface area (Å²) in [5, 5.41) is 7.68. The van der Waals surface area contributed by atoms with Crippen LogP contribution in [0.5, 0.6) is 0 Å². The summed E-state index contributed by atoms with van der Waals surface area (Å²) < 4.78 is 0. The highest BCUT2D eigenvalue weighted by Crippen LogP contribution is 2.14. The molecule has 2 aromatic carbocycles. The molecule has 138 valence electrons. The van der Waals surface area contributed by atoms with Crippen molar-refractivity contribution in [3.63, 3.8) is 0 Å². The van der Waals surface area contributed by atoms with Crippen molar-refractivity contribution in [2.45, 2.75) is 6.54 Å². The number of hydrogen-bond donors (Lipinski definition) is 3. The van der Waals surface area contributed by atoms with Gasteiger partial charge in [0.2, 0.25) is 11.8 Å². The van der Waals surface area contributed by atoms with Gasteiger partial charge in [0.25, 0.3) is 5.91 Å². The Balaban J connectivity index is 1.54. The van der Waals surface area contributed by atoms with Crippen LogP contribution in [0, 0.1) is 0 Å². The molecule has 0 saturated carbocycles. The number of nitrogens with one attached hydrogen (secondary N) is 3. The molecule has 5 amide bonds. The Morgan fingerprint density at radius 3 is 2.52 bits per heavy atom. The summed E-state index contributed by atoms with van der Waals surface area (Å²) >= 11 is 0. The van der Waals surface area contributed by atoms with Gasteiger partial charge in [0.05, 0.1) is 19.6 Å². The summed E-state index contributed by atoms with van der Waals surface area (Å²) in [5.41, 5.74) is 1.69. The molecule has 0 atom stereocenters. The zero-order chi connectivity index (χ0) is 19.2. The fourth-order valence-electron chi connectivity index (χ4n) is 2.60. The summed E-state index contributed by atoms with van der Waals surface area (Å²) in [6.07, 6.45) is 0. The van der Waals surface area contributed by atoms with Crippen molar-refractivity contribution in [3.05, 3.63) is 65.7 Å². The van der Waals surface area contributed by atoms with Crippen LogP contribution in [0.2, 0.25) is 0 Å². The molecule has 1 fully saturated rings. The van der Waals surface area contributed by atoms with Crippen molar-refractivity contribution >= 4 is 29.4 Å². The van der Waals surface area contributed by atoms with E-state index in [-0.39, 0.29) is 37.4 Å². The quantitative estimate of drug-likeness (QED) is 0.666. The predicted octanol–water partition coefficient (Wildman–Crippen LogP) is 1.11. The van der Waals surface area contributed by atoms with Gasteiger partial charge in [-0.15, -0.1) is 0 Å². The van der Waals surface area contributed by atoms with E-state index < -0.39 is 6.03 Å². The van der Waals surface area contributed by atoms with Crippen LogP contribution < -0.4 is 16.0 Å². The zero-order valence-corrected chi connectivity index (χ0v) is 14.4. The highest BCUT2D eigenvalue weighted by atomic mass is 16.2. The molecule has 8 nitrogen and oxygen atoms in total. The molecule has 0 aromatic heterocycles. The second-order valence-corrected chi connectivity index (χ2v) is 5.94. The maximum atomic E-state index is 12.1. The third-order valence-corrected chi connectivity index (χ3v) is 3.93. The largest absolute Gasteiger partial charge is 0.343 e. The highest BCUT2D eigenvalue weighted by molar-refractivity contribution is 6.02. The minimum Gasteiger partial charge on any atom is -0.343 e. The van der Waals surface area contributed by atoms with E-state index in [1.54, 1.807) is 54.6 Å². The summed E-state index contributed by atoms with van der Waals surface area (Å²) in [7, 11) is 0. The summed E-state index contributed by atoms with van der Waals surface area (Å²) in [5.74, 6) is -1.01. The lowest BCUT2D eigenvalue weighted by Crippen LogP contribution is -2.33. The first-order valence-corrected chi connectivity index (χ1v) is 8.33. The number of carbonyl (C=O) groups is 4. The van der Waals surface area contributed by atoms with Crippen LogP contribution in [0.1, 0.15) is 15.9 Å². The van der Waals surface area contributed by atoms with Crippen molar-refractivity contribution < 1.29 is 19.2 Å². The molecule has 3 N–H and O–H groups in total. The molecular weight excluding hydrogens is 348 g/mol. The third kappa shape index (κ3) is 4.69. The molecule has 0 unspecified atom stereocenters. The van der Waals surface area contributed by atoms with E-state index >= 15 is 0 Å².